The molecule has 2 N–H and O–H groups in total. The summed E-state index contributed by atoms with van der Waals surface area (Å²) in [4.78, 5) is 3.71. The Bertz CT molecular complexity index is 722. The predicted molar refractivity (Wildman–Crippen MR) is 94.8 cm³/mol. The largest absolute Gasteiger partial charge is 0.494 e. The summed E-state index contributed by atoms with van der Waals surface area (Å²) in [6.07, 6.45) is -2.60. The number of nitrogens with zero attached hydrogens (tertiary/aromatic N) is 1. The summed E-state index contributed by atoms with van der Waals surface area (Å²) in [6, 6.07) is 9.78. The summed E-state index contributed by atoms with van der Waals surface area (Å²) >= 11 is 5.06. The number of halogens is 3. The molecule has 0 saturated heterocycles. The first-order valence-corrected chi connectivity index (χ1v) is 8.10. The second-order valence-corrected chi connectivity index (χ2v) is 5.48. The first-order valence-electron chi connectivity index (χ1n) is 7.69. The fourth-order valence-electron chi connectivity index (χ4n) is 2.20. The number of hydrogen-bond donors (Lipinski definition) is 2. The SMILES string of the molecule is CCOc1ccccc1CCNC(=S)Nc1ncccc1C(F)(F)F. The highest BCUT2D eigenvalue weighted by Gasteiger charge is 2.34. The smallest absolute Gasteiger partial charge is 0.419 e. The molecule has 0 aliphatic rings. The van der Waals surface area contributed by atoms with E-state index >= 15 is 0 Å². The van der Waals surface area contributed by atoms with Crippen molar-refractivity contribution >= 4 is 23.1 Å². The second kappa shape index (κ2) is 8.66. The molecular formula is C17H18F3N3OS. The summed E-state index contributed by atoms with van der Waals surface area (Å²) in [6.45, 7) is 2.91. The van der Waals surface area contributed by atoms with E-state index < -0.39 is 11.7 Å². The van der Waals surface area contributed by atoms with E-state index in [2.05, 4.69) is 15.6 Å². The molecule has 0 spiro atoms. The molecule has 2 rings (SSSR count). The zero-order chi connectivity index (χ0) is 18.3. The van der Waals surface area contributed by atoms with Gasteiger partial charge in [-0.25, -0.2) is 4.98 Å². The minimum Gasteiger partial charge on any atom is -0.494 e. The molecule has 0 radical (unpaired) electrons. The molecule has 0 saturated carbocycles. The van der Waals surface area contributed by atoms with Crippen molar-refractivity contribution in [1.82, 2.24) is 10.3 Å². The van der Waals surface area contributed by atoms with E-state index in [0.717, 1.165) is 17.4 Å². The molecule has 0 aliphatic carbocycles. The first kappa shape index (κ1) is 19.0. The van der Waals surface area contributed by atoms with Gasteiger partial charge in [0.05, 0.1) is 12.2 Å². The highest BCUT2D eigenvalue weighted by Crippen LogP contribution is 2.33. The topological polar surface area (TPSA) is 46.2 Å². The summed E-state index contributed by atoms with van der Waals surface area (Å²) in [5.41, 5.74) is 0.134. The zero-order valence-electron chi connectivity index (χ0n) is 13.6. The van der Waals surface area contributed by atoms with Crippen molar-refractivity contribution in [2.24, 2.45) is 0 Å². The average Bonchev–Trinajstić information content (AvgIpc) is 2.56. The molecule has 2 aromatic rings. The first-order chi connectivity index (χ1) is 11.9. The maximum Gasteiger partial charge on any atom is 0.419 e. The third kappa shape index (κ3) is 5.60. The van der Waals surface area contributed by atoms with Gasteiger partial charge in [0.25, 0.3) is 0 Å². The van der Waals surface area contributed by atoms with Crippen molar-refractivity contribution in [2.75, 3.05) is 18.5 Å². The van der Waals surface area contributed by atoms with Crippen molar-refractivity contribution < 1.29 is 17.9 Å². The molecule has 0 amide bonds. The monoisotopic (exact) mass is 369 g/mol. The molecular weight excluding hydrogens is 351 g/mol. The minimum atomic E-state index is -4.50. The Morgan fingerprint density at radius 3 is 2.68 bits per heavy atom. The fourth-order valence-corrected chi connectivity index (χ4v) is 2.40. The van der Waals surface area contributed by atoms with Crippen LogP contribution in [0.25, 0.3) is 0 Å². The quantitative estimate of drug-likeness (QED) is 0.753. The number of hydrogen-bond acceptors (Lipinski definition) is 3. The van der Waals surface area contributed by atoms with Crippen LogP contribution >= 0.6 is 12.2 Å². The summed E-state index contributed by atoms with van der Waals surface area (Å²) in [5.74, 6) is 0.469. The number of pyridine rings is 1. The van der Waals surface area contributed by atoms with E-state index in [1.807, 2.05) is 31.2 Å². The van der Waals surface area contributed by atoms with Crippen LogP contribution in [0.2, 0.25) is 0 Å². The maximum atomic E-state index is 12.9. The average molecular weight is 369 g/mol. The van der Waals surface area contributed by atoms with Crippen LogP contribution in [-0.4, -0.2) is 23.2 Å². The number of aromatic nitrogens is 1. The Balaban J connectivity index is 1.92. The third-order valence-electron chi connectivity index (χ3n) is 3.30. The van der Waals surface area contributed by atoms with Crippen LogP contribution in [0, 0.1) is 0 Å². The van der Waals surface area contributed by atoms with Gasteiger partial charge in [0.2, 0.25) is 0 Å². The molecule has 0 unspecified atom stereocenters. The van der Waals surface area contributed by atoms with Crippen LogP contribution in [0.5, 0.6) is 5.75 Å². The van der Waals surface area contributed by atoms with E-state index in [4.69, 9.17) is 17.0 Å². The van der Waals surface area contributed by atoms with Crippen LogP contribution < -0.4 is 15.4 Å². The van der Waals surface area contributed by atoms with E-state index in [0.29, 0.717) is 19.6 Å². The number of alkyl halides is 3. The van der Waals surface area contributed by atoms with Crippen molar-refractivity contribution in [2.45, 2.75) is 19.5 Å². The molecule has 0 bridgehead atoms. The maximum absolute atomic E-state index is 12.9. The molecule has 134 valence electrons. The number of benzene rings is 1. The fraction of sp³-hybridized carbons (Fsp3) is 0.294. The minimum absolute atomic E-state index is 0.0816. The van der Waals surface area contributed by atoms with Crippen LogP contribution in [0.3, 0.4) is 0 Å². The molecule has 1 heterocycles. The standard InChI is InChI=1S/C17H18F3N3OS/c1-2-24-14-8-4-3-6-12(14)9-11-22-16(25)23-15-13(17(18,19)20)7-5-10-21-15/h3-8,10H,2,9,11H2,1H3,(H2,21,22,23,25). The molecule has 8 heteroatoms. The number of para-hydroxylation sites is 1. The Labute approximate surface area is 149 Å². The molecule has 0 fully saturated rings. The van der Waals surface area contributed by atoms with Crippen LogP contribution in [0.4, 0.5) is 19.0 Å². The molecule has 0 aliphatic heterocycles. The molecule has 4 nitrogen and oxygen atoms in total. The van der Waals surface area contributed by atoms with Gasteiger partial charge in [-0.05, 0) is 49.3 Å². The van der Waals surface area contributed by atoms with E-state index in [1.165, 1.54) is 12.3 Å². The molecule has 25 heavy (non-hydrogen) atoms. The van der Waals surface area contributed by atoms with Gasteiger partial charge in [-0.15, -0.1) is 0 Å². The summed E-state index contributed by atoms with van der Waals surface area (Å²) < 4.78 is 44.3. The number of anilines is 1. The Hall–Kier alpha value is -2.35. The van der Waals surface area contributed by atoms with Crippen LogP contribution in [0.1, 0.15) is 18.1 Å². The van der Waals surface area contributed by atoms with Gasteiger partial charge in [-0.3, -0.25) is 0 Å². The lowest BCUT2D eigenvalue weighted by Gasteiger charge is -2.15. The van der Waals surface area contributed by atoms with Gasteiger partial charge in [0.15, 0.2) is 5.11 Å². The number of thiocarbonyl (C=S) groups is 1. The lowest BCUT2D eigenvalue weighted by Crippen LogP contribution is -2.31. The predicted octanol–water partition coefficient (Wildman–Crippen LogP) is 4.03. The van der Waals surface area contributed by atoms with Gasteiger partial charge in [-0.2, -0.15) is 13.2 Å². The van der Waals surface area contributed by atoms with Gasteiger partial charge in [0.1, 0.15) is 11.6 Å². The summed E-state index contributed by atoms with van der Waals surface area (Å²) in [5, 5.41) is 5.47. The van der Waals surface area contributed by atoms with E-state index in [9.17, 15) is 13.2 Å². The van der Waals surface area contributed by atoms with Crippen molar-refractivity contribution in [3.05, 3.63) is 53.7 Å². The van der Waals surface area contributed by atoms with Crippen molar-refractivity contribution in [1.29, 1.82) is 0 Å². The van der Waals surface area contributed by atoms with Gasteiger partial charge < -0.3 is 15.4 Å². The Morgan fingerprint density at radius 2 is 1.96 bits per heavy atom. The van der Waals surface area contributed by atoms with E-state index in [1.54, 1.807) is 0 Å². The van der Waals surface area contributed by atoms with Gasteiger partial charge in [0, 0.05) is 12.7 Å². The van der Waals surface area contributed by atoms with E-state index in [-0.39, 0.29) is 10.9 Å². The van der Waals surface area contributed by atoms with Crippen LogP contribution in [-0.2, 0) is 12.6 Å². The Morgan fingerprint density at radius 1 is 1.20 bits per heavy atom. The highest BCUT2D eigenvalue weighted by molar-refractivity contribution is 7.80. The van der Waals surface area contributed by atoms with Gasteiger partial charge >= 0.3 is 6.18 Å². The zero-order valence-corrected chi connectivity index (χ0v) is 14.4. The highest BCUT2D eigenvalue weighted by atomic mass is 32.1. The lowest BCUT2D eigenvalue weighted by atomic mass is 10.1. The Kier molecular flexibility index (Phi) is 6.58. The number of rotatable bonds is 6. The van der Waals surface area contributed by atoms with Crippen LogP contribution in [0.15, 0.2) is 42.6 Å². The van der Waals surface area contributed by atoms with Crippen molar-refractivity contribution in [3.8, 4) is 5.75 Å². The second-order valence-electron chi connectivity index (χ2n) is 5.07. The lowest BCUT2D eigenvalue weighted by molar-refractivity contribution is -0.137. The van der Waals surface area contributed by atoms with Gasteiger partial charge in [-0.1, -0.05) is 18.2 Å². The molecule has 0 atom stereocenters. The normalized spacial score (nSPS) is 11.0. The summed E-state index contributed by atoms with van der Waals surface area (Å²) in [7, 11) is 0. The van der Waals surface area contributed by atoms with Crippen molar-refractivity contribution in [3.63, 3.8) is 0 Å². The molecule has 1 aromatic carbocycles. The third-order valence-corrected chi connectivity index (χ3v) is 3.54. The number of ether oxygens (including phenoxy) is 1. The number of nitrogens with one attached hydrogen (secondary N) is 2. The molecule has 1 aromatic heterocycles.